The minimum Gasteiger partial charge on any atom is -0.444 e. The van der Waals surface area contributed by atoms with Gasteiger partial charge in [0.2, 0.25) is 0 Å². The summed E-state index contributed by atoms with van der Waals surface area (Å²) < 4.78 is 5.39. The van der Waals surface area contributed by atoms with E-state index in [-0.39, 0.29) is 5.92 Å². The second-order valence-electron chi connectivity index (χ2n) is 9.37. The third-order valence-electron chi connectivity index (χ3n) is 5.91. The zero-order valence-corrected chi connectivity index (χ0v) is 16.9. The number of carbonyl (C=O) groups is 1. The Morgan fingerprint density at radius 3 is 2.08 bits per heavy atom. The van der Waals surface area contributed by atoms with Crippen molar-refractivity contribution in [1.29, 1.82) is 0 Å². The van der Waals surface area contributed by atoms with Crippen LogP contribution in [-0.2, 0) is 4.74 Å². The molecule has 2 saturated carbocycles. The van der Waals surface area contributed by atoms with Crippen LogP contribution in [0.5, 0.6) is 0 Å². The average molecular weight is 370 g/mol. The molecule has 3 N–H and O–H groups in total. The highest BCUT2D eigenvalue weighted by Gasteiger charge is 2.35. The van der Waals surface area contributed by atoms with Crippen LogP contribution in [0.4, 0.5) is 4.79 Å². The van der Waals surface area contributed by atoms with Gasteiger partial charge in [0.25, 0.3) is 0 Å². The molecule has 0 aromatic heterocycles. The molecular formula is C21H39NO4. The number of hydrogen-bond acceptors (Lipinski definition) is 4. The van der Waals surface area contributed by atoms with E-state index in [1.807, 2.05) is 20.8 Å². The first-order valence-corrected chi connectivity index (χ1v) is 10.6. The Balaban J connectivity index is 2.00. The van der Waals surface area contributed by atoms with Gasteiger partial charge in [-0.15, -0.1) is 0 Å². The van der Waals surface area contributed by atoms with Gasteiger partial charge in [-0.1, -0.05) is 51.4 Å². The topological polar surface area (TPSA) is 78.8 Å². The van der Waals surface area contributed by atoms with Gasteiger partial charge in [-0.25, -0.2) is 4.79 Å². The number of ether oxygens (including phenoxy) is 1. The summed E-state index contributed by atoms with van der Waals surface area (Å²) in [5.41, 5.74) is -0.577. The van der Waals surface area contributed by atoms with Crippen molar-refractivity contribution in [1.82, 2.24) is 5.32 Å². The Bertz CT molecular complexity index is 422. The van der Waals surface area contributed by atoms with Gasteiger partial charge in [0, 0.05) is 0 Å². The van der Waals surface area contributed by atoms with E-state index in [1.165, 1.54) is 25.7 Å². The van der Waals surface area contributed by atoms with Crippen LogP contribution in [0.15, 0.2) is 0 Å². The molecule has 0 saturated heterocycles. The van der Waals surface area contributed by atoms with Crippen LogP contribution < -0.4 is 5.32 Å². The van der Waals surface area contributed by atoms with Crippen LogP contribution >= 0.6 is 0 Å². The number of aliphatic hydroxyl groups excluding tert-OH is 2. The molecule has 0 unspecified atom stereocenters. The molecular weight excluding hydrogens is 330 g/mol. The molecule has 0 aliphatic heterocycles. The quantitative estimate of drug-likeness (QED) is 0.657. The molecule has 0 aromatic carbocycles. The van der Waals surface area contributed by atoms with Crippen molar-refractivity contribution in [2.24, 2.45) is 11.8 Å². The number of aliphatic hydroxyl groups is 2. The summed E-state index contributed by atoms with van der Waals surface area (Å²) in [6.45, 7) is 5.49. The van der Waals surface area contributed by atoms with E-state index in [2.05, 4.69) is 5.32 Å². The van der Waals surface area contributed by atoms with Gasteiger partial charge in [0.1, 0.15) is 11.7 Å². The van der Waals surface area contributed by atoms with Crippen molar-refractivity contribution in [2.45, 2.75) is 115 Å². The standard InChI is InChI=1S/C21H39NO4/c1-21(2,3)26-20(25)22-17(14-15-10-6-4-7-11-15)19(24)18(23)16-12-8-5-9-13-16/h15-19,23-24H,4-14H2,1-3H3,(H,22,25)/t17-,18-,19+/m0/s1. The summed E-state index contributed by atoms with van der Waals surface area (Å²) in [5, 5.41) is 24.5. The molecule has 0 bridgehead atoms. The fourth-order valence-corrected chi connectivity index (χ4v) is 4.52. The maximum Gasteiger partial charge on any atom is 0.407 e. The van der Waals surface area contributed by atoms with Crippen molar-refractivity contribution >= 4 is 6.09 Å². The van der Waals surface area contributed by atoms with Crippen LogP contribution in [-0.4, -0.2) is 40.2 Å². The van der Waals surface area contributed by atoms with Gasteiger partial charge in [-0.05, 0) is 51.9 Å². The molecule has 26 heavy (non-hydrogen) atoms. The van der Waals surface area contributed by atoms with Gasteiger partial charge in [0.05, 0.1) is 12.1 Å². The van der Waals surface area contributed by atoms with Crippen molar-refractivity contribution in [2.75, 3.05) is 0 Å². The zero-order valence-electron chi connectivity index (χ0n) is 16.9. The molecule has 2 aliphatic carbocycles. The Labute approximate surface area is 158 Å². The fourth-order valence-electron chi connectivity index (χ4n) is 4.52. The smallest absolute Gasteiger partial charge is 0.407 e. The molecule has 2 rings (SSSR count). The monoisotopic (exact) mass is 369 g/mol. The van der Waals surface area contributed by atoms with Crippen LogP contribution in [0.2, 0.25) is 0 Å². The third-order valence-corrected chi connectivity index (χ3v) is 5.91. The molecule has 152 valence electrons. The third kappa shape index (κ3) is 7.07. The minimum absolute atomic E-state index is 0.132. The Hall–Kier alpha value is -0.810. The van der Waals surface area contributed by atoms with Crippen molar-refractivity contribution in [3.63, 3.8) is 0 Å². The second kappa shape index (κ2) is 9.93. The summed E-state index contributed by atoms with van der Waals surface area (Å²) >= 11 is 0. The van der Waals surface area contributed by atoms with E-state index in [9.17, 15) is 15.0 Å². The first-order valence-electron chi connectivity index (χ1n) is 10.6. The lowest BCUT2D eigenvalue weighted by molar-refractivity contribution is -0.0500. The fraction of sp³-hybridized carbons (Fsp3) is 0.952. The predicted octanol–water partition coefficient (Wildman–Crippen LogP) is 4.15. The SMILES string of the molecule is CC(C)(C)OC(=O)N[C@@H](CC1CCCCC1)[C@@H](O)[C@@H](O)C1CCCCC1. The van der Waals surface area contributed by atoms with Gasteiger partial charge in [-0.2, -0.15) is 0 Å². The lowest BCUT2D eigenvalue weighted by atomic mass is 9.79. The van der Waals surface area contributed by atoms with E-state index in [0.29, 0.717) is 12.3 Å². The molecule has 0 spiro atoms. The normalized spacial score (nSPS) is 23.9. The highest BCUT2D eigenvalue weighted by atomic mass is 16.6. The molecule has 0 heterocycles. The van der Waals surface area contributed by atoms with E-state index < -0.39 is 29.9 Å². The van der Waals surface area contributed by atoms with Gasteiger partial charge in [0.15, 0.2) is 0 Å². The van der Waals surface area contributed by atoms with Gasteiger partial charge >= 0.3 is 6.09 Å². The van der Waals surface area contributed by atoms with Crippen LogP contribution in [0.1, 0.15) is 91.4 Å². The highest BCUT2D eigenvalue weighted by molar-refractivity contribution is 5.68. The van der Waals surface area contributed by atoms with E-state index in [4.69, 9.17) is 4.74 Å². The van der Waals surface area contributed by atoms with Crippen LogP contribution in [0, 0.1) is 11.8 Å². The second-order valence-corrected chi connectivity index (χ2v) is 9.37. The Morgan fingerprint density at radius 1 is 1.00 bits per heavy atom. The van der Waals surface area contributed by atoms with Crippen molar-refractivity contribution in [3.05, 3.63) is 0 Å². The highest BCUT2D eigenvalue weighted by Crippen LogP contribution is 2.32. The number of hydrogen-bond donors (Lipinski definition) is 3. The number of alkyl carbamates (subject to hydrolysis) is 1. The molecule has 2 fully saturated rings. The first kappa shape index (κ1) is 21.5. The first-order chi connectivity index (χ1) is 12.3. The largest absolute Gasteiger partial charge is 0.444 e. The van der Waals surface area contributed by atoms with E-state index >= 15 is 0 Å². The number of carbonyl (C=O) groups excluding carboxylic acids is 1. The molecule has 5 nitrogen and oxygen atoms in total. The number of nitrogens with one attached hydrogen (secondary N) is 1. The summed E-state index contributed by atoms with van der Waals surface area (Å²) in [4.78, 5) is 12.3. The molecule has 5 heteroatoms. The molecule has 0 radical (unpaired) electrons. The maximum absolute atomic E-state index is 12.3. The number of amides is 1. The van der Waals surface area contributed by atoms with Gasteiger partial charge in [-0.3, -0.25) is 0 Å². The van der Waals surface area contributed by atoms with Crippen LogP contribution in [0.3, 0.4) is 0 Å². The lowest BCUT2D eigenvalue weighted by Crippen LogP contribution is -2.52. The Morgan fingerprint density at radius 2 is 1.54 bits per heavy atom. The summed E-state index contributed by atoms with van der Waals surface area (Å²) in [5.74, 6) is 0.630. The summed E-state index contributed by atoms with van der Waals surface area (Å²) in [6, 6.07) is -0.454. The minimum atomic E-state index is -0.937. The summed E-state index contributed by atoms with van der Waals surface area (Å²) in [7, 11) is 0. The average Bonchev–Trinajstić information content (AvgIpc) is 2.60. The molecule has 0 aromatic rings. The zero-order chi connectivity index (χ0) is 19.2. The molecule has 1 amide bonds. The van der Waals surface area contributed by atoms with E-state index in [0.717, 1.165) is 38.5 Å². The van der Waals surface area contributed by atoms with Crippen molar-refractivity contribution in [3.8, 4) is 0 Å². The summed E-state index contributed by atoms with van der Waals surface area (Å²) in [6.07, 6.45) is 9.82. The van der Waals surface area contributed by atoms with Crippen molar-refractivity contribution < 1.29 is 19.7 Å². The van der Waals surface area contributed by atoms with Gasteiger partial charge < -0.3 is 20.3 Å². The lowest BCUT2D eigenvalue weighted by Gasteiger charge is -2.36. The van der Waals surface area contributed by atoms with Crippen LogP contribution in [0.25, 0.3) is 0 Å². The molecule has 2 aliphatic rings. The van der Waals surface area contributed by atoms with E-state index in [1.54, 1.807) is 0 Å². The maximum atomic E-state index is 12.3. The molecule has 3 atom stereocenters. The predicted molar refractivity (Wildman–Crippen MR) is 103 cm³/mol. The Kier molecular flexibility index (Phi) is 8.21. The number of rotatable bonds is 6.